The summed E-state index contributed by atoms with van der Waals surface area (Å²) in [6, 6.07) is 5.08. The number of Topliss-reactive ketones (excluding diaryl/α,β-unsaturated/α-hetero) is 1. The van der Waals surface area contributed by atoms with Crippen molar-refractivity contribution in [3.63, 3.8) is 0 Å². The Hall–Kier alpha value is -3.07. The van der Waals surface area contributed by atoms with Crippen molar-refractivity contribution < 1.29 is 28.6 Å². The molecule has 32 heavy (non-hydrogen) atoms. The number of hydrogen-bond acceptors (Lipinski definition) is 8. The number of hydrogen-bond donors (Lipinski definition) is 2. The predicted octanol–water partition coefficient (Wildman–Crippen LogP) is 4.62. The summed E-state index contributed by atoms with van der Waals surface area (Å²) in [6.07, 6.45) is 4.28. The lowest BCUT2D eigenvalue weighted by molar-refractivity contribution is 0.0922. The SMILES string of the molecule is CCOc1ccc(C[C@H](C)C(=O)c2c(O)cc(C(C)CC/C=C/NC(=O)OC)oc2=O)s1. The maximum absolute atomic E-state index is 12.8. The molecule has 2 rings (SSSR count). The molecule has 0 aliphatic carbocycles. The lowest BCUT2D eigenvalue weighted by Gasteiger charge is -2.13. The van der Waals surface area contributed by atoms with Gasteiger partial charge in [0.25, 0.3) is 0 Å². The molecule has 0 aliphatic rings. The van der Waals surface area contributed by atoms with Crippen LogP contribution in [-0.4, -0.2) is 30.7 Å². The summed E-state index contributed by atoms with van der Waals surface area (Å²) in [4.78, 5) is 37.3. The van der Waals surface area contributed by atoms with Gasteiger partial charge in [-0.2, -0.15) is 0 Å². The zero-order chi connectivity index (χ0) is 23.7. The molecule has 2 N–H and O–H groups in total. The quantitative estimate of drug-likeness (QED) is 0.467. The molecule has 0 aromatic carbocycles. The predicted molar refractivity (Wildman–Crippen MR) is 122 cm³/mol. The van der Waals surface area contributed by atoms with Gasteiger partial charge in [0.05, 0.1) is 13.7 Å². The van der Waals surface area contributed by atoms with Crippen LogP contribution in [-0.2, 0) is 11.2 Å². The van der Waals surface area contributed by atoms with E-state index in [0.717, 1.165) is 9.94 Å². The zero-order valence-electron chi connectivity index (χ0n) is 18.7. The number of allylic oxidation sites excluding steroid dienone is 1. The average Bonchev–Trinajstić information content (AvgIpc) is 3.19. The van der Waals surface area contributed by atoms with Crippen LogP contribution in [0.3, 0.4) is 0 Å². The van der Waals surface area contributed by atoms with E-state index in [4.69, 9.17) is 9.15 Å². The first-order valence-corrected chi connectivity index (χ1v) is 11.2. The molecule has 1 unspecified atom stereocenters. The summed E-state index contributed by atoms with van der Waals surface area (Å²) in [5, 5.41) is 13.6. The van der Waals surface area contributed by atoms with Gasteiger partial charge in [0.1, 0.15) is 17.1 Å². The molecule has 0 aliphatic heterocycles. The van der Waals surface area contributed by atoms with Gasteiger partial charge in [-0.1, -0.05) is 19.9 Å². The fourth-order valence-corrected chi connectivity index (χ4v) is 4.10. The molecule has 1 amide bonds. The molecule has 8 nitrogen and oxygen atoms in total. The largest absolute Gasteiger partial charge is 0.507 e. The van der Waals surface area contributed by atoms with Crippen molar-refractivity contribution in [1.29, 1.82) is 0 Å². The molecular formula is C23H29NO7S. The van der Waals surface area contributed by atoms with Crippen LogP contribution in [0.2, 0.25) is 0 Å². The third-order valence-corrected chi connectivity index (χ3v) is 5.85. The molecule has 0 saturated carbocycles. The second-order valence-electron chi connectivity index (χ2n) is 7.34. The fourth-order valence-electron chi connectivity index (χ4n) is 3.06. The van der Waals surface area contributed by atoms with Gasteiger partial charge in [0, 0.05) is 29.0 Å². The van der Waals surface area contributed by atoms with Crippen LogP contribution < -0.4 is 15.7 Å². The van der Waals surface area contributed by atoms with Crippen molar-refractivity contribution in [3.05, 3.63) is 57.1 Å². The Kier molecular flexibility index (Phi) is 9.52. The van der Waals surface area contributed by atoms with Crippen molar-refractivity contribution in [1.82, 2.24) is 5.32 Å². The van der Waals surface area contributed by atoms with Crippen LogP contribution in [0.25, 0.3) is 0 Å². The van der Waals surface area contributed by atoms with Gasteiger partial charge in [-0.05, 0) is 38.3 Å². The van der Waals surface area contributed by atoms with E-state index in [2.05, 4.69) is 10.1 Å². The third-order valence-electron chi connectivity index (χ3n) is 4.83. The molecular weight excluding hydrogens is 434 g/mol. The lowest BCUT2D eigenvalue weighted by Crippen LogP contribution is -2.22. The topological polar surface area (TPSA) is 115 Å². The molecule has 0 radical (unpaired) electrons. The van der Waals surface area contributed by atoms with Gasteiger partial charge in [0.15, 0.2) is 10.8 Å². The Balaban J connectivity index is 2.03. The van der Waals surface area contributed by atoms with E-state index < -0.39 is 23.4 Å². The fraction of sp³-hybridized carbons (Fsp3) is 0.435. The number of nitrogens with one attached hydrogen (secondary N) is 1. The standard InChI is InChI=1S/C23H29NO7S/c1-5-30-19-10-9-16(32-19)12-15(3)21(26)20-17(25)13-18(31-22(20)27)14(2)8-6-7-11-24-23(28)29-4/h7,9-11,13-15,25H,5-6,8,12H2,1-4H3,(H,24,28)/b11-7+/t14?,15-/m0/s1. The Morgan fingerprint density at radius 2 is 2.06 bits per heavy atom. The molecule has 9 heteroatoms. The molecule has 0 saturated heterocycles. The number of alkyl carbamates (subject to hydrolysis) is 1. The number of amides is 1. The minimum Gasteiger partial charge on any atom is -0.507 e. The summed E-state index contributed by atoms with van der Waals surface area (Å²) in [5.41, 5.74) is -1.16. The van der Waals surface area contributed by atoms with E-state index in [9.17, 15) is 19.5 Å². The summed E-state index contributed by atoms with van der Waals surface area (Å²) in [5.74, 6) is -1.22. The van der Waals surface area contributed by atoms with E-state index >= 15 is 0 Å². The lowest BCUT2D eigenvalue weighted by atomic mass is 9.95. The summed E-state index contributed by atoms with van der Waals surface area (Å²) >= 11 is 1.45. The van der Waals surface area contributed by atoms with E-state index in [1.54, 1.807) is 13.0 Å². The number of methoxy groups -OCH3 is 1. The second-order valence-corrected chi connectivity index (χ2v) is 8.47. The van der Waals surface area contributed by atoms with Crippen LogP contribution in [0.1, 0.15) is 60.5 Å². The molecule has 2 heterocycles. The maximum Gasteiger partial charge on any atom is 0.410 e. The highest BCUT2D eigenvalue weighted by atomic mass is 32.1. The third kappa shape index (κ3) is 6.98. The van der Waals surface area contributed by atoms with E-state index in [1.807, 2.05) is 26.0 Å². The minimum absolute atomic E-state index is 0.180. The number of carbonyl (C=O) groups excluding carboxylic acids is 2. The Bertz CT molecular complexity index is 1010. The van der Waals surface area contributed by atoms with Crippen molar-refractivity contribution in [3.8, 4) is 10.8 Å². The van der Waals surface area contributed by atoms with Crippen LogP contribution >= 0.6 is 11.3 Å². The number of carbonyl (C=O) groups is 2. The Morgan fingerprint density at radius 3 is 2.72 bits per heavy atom. The zero-order valence-corrected chi connectivity index (χ0v) is 19.5. The highest BCUT2D eigenvalue weighted by Crippen LogP contribution is 2.29. The van der Waals surface area contributed by atoms with Crippen LogP contribution in [0.4, 0.5) is 4.79 Å². The number of rotatable bonds is 11. The van der Waals surface area contributed by atoms with Crippen molar-refractivity contribution in [2.24, 2.45) is 5.92 Å². The molecule has 2 aromatic heterocycles. The molecule has 2 aromatic rings. The molecule has 0 bridgehead atoms. The molecule has 174 valence electrons. The van der Waals surface area contributed by atoms with Gasteiger partial charge in [0.2, 0.25) is 0 Å². The highest BCUT2D eigenvalue weighted by Gasteiger charge is 2.25. The van der Waals surface area contributed by atoms with Crippen LogP contribution in [0.15, 0.2) is 39.7 Å². The first kappa shape index (κ1) is 25.2. The van der Waals surface area contributed by atoms with Gasteiger partial charge < -0.3 is 19.0 Å². The van der Waals surface area contributed by atoms with Gasteiger partial charge in [-0.15, -0.1) is 11.3 Å². The van der Waals surface area contributed by atoms with Gasteiger partial charge in [-0.25, -0.2) is 9.59 Å². The summed E-state index contributed by atoms with van der Waals surface area (Å²) < 4.78 is 15.3. The summed E-state index contributed by atoms with van der Waals surface area (Å²) in [7, 11) is 1.27. The molecule has 0 fully saturated rings. The minimum atomic E-state index is -0.840. The van der Waals surface area contributed by atoms with E-state index in [1.165, 1.54) is 30.7 Å². The van der Waals surface area contributed by atoms with Crippen molar-refractivity contribution in [2.75, 3.05) is 13.7 Å². The monoisotopic (exact) mass is 463 g/mol. The Labute approximate surface area is 190 Å². The Morgan fingerprint density at radius 1 is 1.31 bits per heavy atom. The second kappa shape index (κ2) is 12.1. The number of ether oxygens (including phenoxy) is 2. The summed E-state index contributed by atoms with van der Waals surface area (Å²) in [6.45, 7) is 6.02. The molecule has 0 spiro atoms. The first-order valence-electron chi connectivity index (χ1n) is 10.4. The van der Waals surface area contributed by atoms with Crippen LogP contribution in [0, 0.1) is 5.92 Å². The van der Waals surface area contributed by atoms with Gasteiger partial charge in [-0.3, -0.25) is 10.1 Å². The van der Waals surface area contributed by atoms with Crippen molar-refractivity contribution >= 4 is 23.2 Å². The van der Waals surface area contributed by atoms with E-state index in [0.29, 0.717) is 31.6 Å². The first-order chi connectivity index (χ1) is 15.3. The van der Waals surface area contributed by atoms with Crippen LogP contribution in [0.5, 0.6) is 10.8 Å². The smallest absolute Gasteiger partial charge is 0.410 e. The number of thiophene rings is 1. The maximum atomic E-state index is 12.8. The van der Waals surface area contributed by atoms with Crippen molar-refractivity contribution in [2.45, 2.75) is 46.0 Å². The van der Waals surface area contributed by atoms with Gasteiger partial charge >= 0.3 is 11.7 Å². The number of ketones is 1. The number of aromatic hydroxyl groups is 1. The average molecular weight is 464 g/mol. The highest BCUT2D eigenvalue weighted by molar-refractivity contribution is 7.13. The normalized spacial score (nSPS) is 13.0. The van der Waals surface area contributed by atoms with E-state index in [-0.39, 0.29) is 17.2 Å². The molecule has 2 atom stereocenters.